The Kier molecular flexibility index (Phi) is 9.74. The van der Waals surface area contributed by atoms with Gasteiger partial charge in [0.25, 0.3) is 0 Å². The van der Waals surface area contributed by atoms with Gasteiger partial charge in [-0.15, -0.1) is 0 Å². The Bertz CT molecular complexity index is 1730. The molecule has 0 radical (unpaired) electrons. The number of rotatable bonds is 8. The molecular weight excluding hydrogens is 659 g/mol. The van der Waals surface area contributed by atoms with Crippen molar-refractivity contribution >= 4 is 41.0 Å². The predicted molar refractivity (Wildman–Crippen MR) is 195 cm³/mol. The maximum atomic E-state index is 15.2. The molecule has 0 unspecified atom stereocenters. The van der Waals surface area contributed by atoms with Crippen molar-refractivity contribution in [2.24, 2.45) is 4.99 Å². The second kappa shape index (κ2) is 13.6. The van der Waals surface area contributed by atoms with Crippen LogP contribution in [0.2, 0.25) is 10.0 Å². The third-order valence-corrected chi connectivity index (χ3v) is 10.6. The van der Waals surface area contributed by atoms with Gasteiger partial charge in [-0.25, -0.2) is 4.79 Å². The van der Waals surface area contributed by atoms with Crippen LogP contribution in [0.5, 0.6) is 5.75 Å². The van der Waals surface area contributed by atoms with E-state index in [2.05, 4.69) is 44.8 Å². The van der Waals surface area contributed by atoms with Crippen LogP contribution in [0, 0.1) is 0 Å². The summed E-state index contributed by atoms with van der Waals surface area (Å²) >= 11 is 12.8. The number of amidine groups is 1. The van der Waals surface area contributed by atoms with Crippen LogP contribution in [-0.4, -0.2) is 82.8 Å². The number of carbonyl (C=O) groups is 2. The predicted octanol–water partition coefficient (Wildman–Crippen LogP) is 6.99. The molecule has 11 heteroatoms. The van der Waals surface area contributed by atoms with E-state index in [4.69, 9.17) is 37.9 Å². The lowest BCUT2D eigenvalue weighted by molar-refractivity contribution is -0.122. The average Bonchev–Trinajstić information content (AvgIpc) is 3.84. The zero-order valence-corrected chi connectivity index (χ0v) is 30.7. The summed E-state index contributed by atoms with van der Waals surface area (Å²) in [6.45, 7) is 15.3. The number of aromatic nitrogens is 1. The Morgan fingerprint density at radius 3 is 2.08 bits per heavy atom. The number of halogens is 2. The maximum Gasteiger partial charge on any atom is 0.326 e. The second-order valence-electron chi connectivity index (χ2n) is 14.6. The zero-order chi connectivity index (χ0) is 35.1. The van der Waals surface area contributed by atoms with Crippen molar-refractivity contribution in [3.05, 3.63) is 93.2 Å². The molecule has 2 atom stereocenters. The number of hydrogen-bond acceptors (Lipinski definition) is 6. The zero-order valence-electron chi connectivity index (χ0n) is 29.2. The monoisotopic (exact) mass is 704 g/mol. The third kappa shape index (κ3) is 6.90. The van der Waals surface area contributed by atoms with Gasteiger partial charge in [0.2, 0.25) is 5.91 Å². The van der Waals surface area contributed by atoms with Gasteiger partial charge in [-0.1, -0.05) is 68.2 Å². The molecule has 9 nitrogen and oxygen atoms in total. The van der Waals surface area contributed by atoms with Crippen molar-refractivity contribution in [3.8, 4) is 5.75 Å². The summed E-state index contributed by atoms with van der Waals surface area (Å²) in [6.07, 6.45) is 3.89. The summed E-state index contributed by atoms with van der Waals surface area (Å²) in [6, 6.07) is 17.4. The number of nitrogens with one attached hydrogen (secondary N) is 1. The lowest BCUT2D eigenvalue weighted by atomic mass is 9.71. The minimum atomic E-state index is -1.02. The molecule has 2 fully saturated rings. The van der Waals surface area contributed by atoms with E-state index in [-0.39, 0.29) is 17.4 Å². The van der Waals surface area contributed by atoms with E-state index in [0.29, 0.717) is 72.6 Å². The molecule has 1 aliphatic carbocycles. The summed E-state index contributed by atoms with van der Waals surface area (Å²) in [7, 11) is 0. The number of amides is 3. The first-order valence-corrected chi connectivity index (χ1v) is 17.9. The fourth-order valence-electron chi connectivity index (χ4n) is 6.80. The molecule has 0 spiro atoms. The molecule has 1 N–H and O–H groups in total. The van der Waals surface area contributed by atoms with Gasteiger partial charge in [0.15, 0.2) is 0 Å². The molecule has 2 aliphatic heterocycles. The summed E-state index contributed by atoms with van der Waals surface area (Å²) < 4.78 is 6.27. The number of nitrogens with zero attached hydrogens (tertiary/aromatic N) is 5. The number of carbonyl (C=O) groups excluding carboxylic acids is 2. The van der Waals surface area contributed by atoms with Crippen LogP contribution >= 0.6 is 23.2 Å². The molecule has 0 bridgehead atoms. The average molecular weight is 706 g/mol. The van der Waals surface area contributed by atoms with Crippen LogP contribution < -0.4 is 10.1 Å². The highest BCUT2D eigenvalue weighted by atomic mass is 35.5. The fourth-order valence-corrected chi connectivity index (χ4v) is 7.05. The Hall–Kier alpha value is -3.66. The number of hydrogen-bond donors (Lipinski definition) is 1. The largest absolute Gasteiger partial charge is 0.493 e. The second-order valence-corrected chi connectivity index (χ2v) is 15.4. The van der Waals surface area contributed by atoms with Crippen LogP contribution in [0.3, 0.4) is 0 Å². The van der Waals surface area contributed by atoms with Gasteiger partial charge in [-0.3, -0.25) is 24.6 Å². The van der Waals surface area contributed by atoms with E-state index in [1.54, 1.807) is 6.20 Å². The topological polar surface area (TPSA) is 90.4 Å². The van der Waals surface area contributed by atoms with Crippen molar-refractivity contribution in [3.63, 3.8) is 0 Å². The van der Waals surface area contributed by atoms with Crippen molar-refractivity contribution < 1.29 is 14.3 Å². The lowest BCUT2D eigenvalue weighted by Gasteiger charge is -2.47. The minimum absolute atomic E-state index is 0.0416. The van der Waals surface area contributed by atoms with Crippen LogP contribution in [-0.2, 0) is 21.3 Å². The number of ether oxygens (including phenoxy) is 1. The number of piperazine rings is 1. The molecule has 3 amide bonds. The van der Waals surface area contributed by atoms with E-state index < -0.39 is 11.1 Å². The van der Waals surface area contributed by atoms with E-state index in [1.807, 2.05) is 71.3 Å². The molecule has 49 heavy (non-hydrogen) atoms. The summed E-state index contributed by atoms with van der Waals surface area (Å²) in [5.74, 6) is 1.13. The third-order valence-electron chi connectivity index (χ3n) is 10.1. The van der Waals surface area contributed by atoms with Gasteiger partial charge in [-0.2, -0.15) is 0 Å². The fraction of sp³-hybridized carbons (Fsp3) is 0.474. The number of urea groups is 1. The Labute approximate surface area is 299 Å². The van der Waals surface area contributed by atoms with Gasteiger partial charge in [0.05, 0.1) is 18.7 Å². The van der Waals surface area contributed by atoms with Crippen LogP contribution in [0.25, 0.3) is 0 Å². The molecule has 1 aromatic heterocycles. The molecule has 3 aromatic rings. The van der Waals surface area contributed by atoms with Crippen molar-refractivity contribution in [1.29, 1.82) is 0 Å². The SMILES string of the molecule is CCOc1cc(C(C)(C)C)ncc1C1=N[C@@](C)(c2ccc(Cl)cc2)[C@@](C)(c2ccc(Cl)cc2)N1C(=O)N1CCN(CC(=O)NC2CC2)CC1. The molecular formula is C38H46Cl2N6O3. The number of pyridine rings is 1. The van der Waals surface area contributed by atoms with Gasteiger partial charge in [0.1, 0.15) is 22.7 Å². The summed E-state index contributed by atoms with van der Waals surface area (Å²) in [5.41, 5.74) is 1.06. The van der Waals surface area contributed by atoms with Gasteiger partial charge in [-0.05, 0) is 69.0 Å². The summed E-state index contributed by atoms with van der Waals surface area (Å²) in [5, 5.41) is 4.28. The molecule has 1 saturated heterocycles. The molecule has 3 aliphatic rings. The highest BCUT2D eigenvalue weighted by Crippen LogP contribution is 2.54. The molecule has 260 valence electrons. The van der Waals surface area contributed by atoms with Crippen LogP contribution in [0.15, 0.2) is 65.8 Å². The van der Waals surface area contributed by atoms with Gasteiger partial charge < -0.3 is 15.0 Å². The van der Waals surface area contributed by atoms with Crippen molar-refractivity contribution in [2.45, 2.75) is 76.9 Å². The molecule has 2 aromatic carbocycles. The van der Waals surface area contributed by atoms with Crippen LogP contribution in [0.4, 0.5) is 4.79 Å². The first kappa shape index (κ1) is 35.2. The molecule has 3 heterocycles. The van der Waals surface area contributed by atoms with Crippen molar-refractivity contribution in [2.75, 3.05) is 39.3 Å². The Morgan fingerprint density at radius 1 is 0.939 bits per heavy atom. The van der Waals surface area contributed by atoms with Crippen molar-refractivity contribution in [1.82, 2.24) is 25.0 Å². The maximum absolute atomic E-state index is 15.2. The van der Waals surface area contributed by atoms with Gasteiger partial charge in [0, 0.05) is 65.6 Å². The van der Waals surface area contributed by atoms with E-state index in [1.165, 1.54) is 0 Å². The standard InChI is InChI=1S/C38H46Cl2N6O3/c1-7-49-31-22-32(36(2,3)4)41-23-30(31)34-43-37(5,25-8-12-27(39)13-9-25)38(6,26-10-14-28(40)15-11-26)46(34)35(48)45-20-18-44(19-21-45)24-33(47)42-29-16-17-29/h8-15,22-23,29H,7,16-21,24H2,1-6H3,(H,42,47)/t37-,38+/m0/s1. The first-order chi connectivity index (χ1) is 23.2. The first-order valence-electron chi connectivity index (χ1n) is 17.1. The molecule has 1 saturated carbocycles. The minimum Gasteiger partial charge on any atom is -0.493 e. The van der Waals surface area contributed by atoms with Gasteiger partial charge >= 0.3 is 6.03 Å². The highest BCUT2D eigenvalue weighted by Gasteiger charge is 2.60. The lowest BCUT2D eigenvalue weighted by Crippen LogP contribution is -2.61. The van der Waals surface area contributed by atoms with Crippen LogP contribution in [0.1, 0.15) is 76.8 Å². The normalized spacial score (nSPS) is 23.0. The quantitative estimate of drug-likeness (QED) is 0.273. The number of aliphatic imine (C=N–C) groups is 1. The smallest absolute Gasteiger partial charge is 0.326 e. The Balaban J connectivity index is 1.46. The van der Waals surface area contributed by atoms with E-state index in [9.17, 15) is 4.79 Å². The highest BCUT2D eigenvalue weighted by molar-refractivity contribution is 6.30. The molecule has 6 rings (SSSR count). The van der Waals surface area contributed by atoms with E-state index in [0.717, 1.165) is 29.7 Å². The number of benzene rings is 2. The summed E-state index contributed by atoms with van der Waals surface area (Å²) in [4.78, 5) is 43.9. The Morgan fingerprint density at radius 2 is 1.53 bits per heavy atom. The van der Waals surface area contributed by atoms with E-state index >= 15 is 4.79 Å².